The van der Waals surface area contributed by atoms with Gasteiger partial charge in [0.2, 0.25) is 0 Å². The van der Waals surface area contributed by atoms with E-state index < -0.39 is 53.8 Å². The fraction of sp³-hybridized carbons (Fsp3) is 0.590. The van der Waals surface area contributed by atoms with Crippen molar-refractivity contribution in [3.05, 3.63) is 71.3 Å². The van der Waals surface area contributed by atoms with Crippen LogP contribution < -0.4 is 5.32 Å². The zero-order chi connectivity index (χ0) is 36.3. The summed E-state index contributed by atoms with van der Waals surface area (Å²) in [5.74, 6) is -2.11. The Kier molecular flexibility index (Phi) is 14.4. The molecule has 0 aromatic heterocycles. The molecular formula is C39H53FN2O8. The average Bonchev–Trinajstić information content (AvgIpc) is 3.94. The molecule has 2 aliphatic rings. The molecule has 1 amide bonds. The second-order valence-electron chi connectivity index (χ2n) is 14.2. The molecule has 10 nitrogen and oxygen atoms in total. The van der Waals surface area contributed by atoms with Gasteiger partial charge in [-0.2, -0.15) is 0 Å². The number of carbonyl (C=O) groups is 4. The Labute approximate surface area is 295 Å². The molecule has 1 saturated carbocycles. The van der Waals surface area contributed by atoms with Crippen molar-refractivity contribution in [3.8, 4) is 0 Å². The number of nitrogens with zero attached hydrogens (tertiary/aromatic N) is 1. The van der Waals surface area contributed by atoms with E-state index in [1.807, 2.05) is 42.5 Å². The van der Waals surface area contributed by atoms with Gasteiger partial charge < -0.3 is 29.2 Å². The summed E-state index contributed by atoms with van der Waals surface area (Å²) in [6, 6.07) is 15.4. The molecule has 0 radical (unpaired) electrons. The Hall–Kier alpha value is -3.83. The first-order chi connectivity index (χ1) is 23.8. The molecule has 0 bridgehead atoms. The van der Waals surface area contributed by atoms with Gasteiger partial charge in [0.25, 0.3) is 5.91 Å². The fourth-order valence-corrected chi connectivity index (χ4v) is 6.14. The Bertz CT molecular complexity index is 1400. The lowest BCUT2D eigenvalue weighted by Gasteiger charge is -2.31. The molecule has 1 aliphatic heterocycles. The molecule has 2 fully saturated rings. The number of amides is 1. The molecule has 0 spiro atoms. The van der Waals surface area contributed by atoms with Crippen LogP contribution in [0.15, 0.2) is 54.6 Å². The maximum Gasteiger partial charge on any atom is 0.347 e. The Balaban J connectivity index is 1.46. The average molecular weight is 697 g/mol. The number of halogens is 1. The van der Waals surface area contributed by atoms with Gasteiger partial charge in [0.1, 0.15) is 24.4 Å². The van der Waals surface area contributed by atoms with Crippen LogP contribution in [0.1, 0.15) is 88.3 Å². The Morgan fingerprint density at radius 2 is 1.58 bits per heavy atom. The summed E-state index contributed by atoms with van der Waals surface area (Å²) in [5, 5.41) is 2.81. The van der Waals surface area contributed by atoms with E-state index in [0.717, 1.165) is 50.0 Å². The highest BCUT2D eigenvalue weighted by Gasteiger charge is 2.40. The van der Waals surface area contributed by atoms with E-state index in [1.165, 1.54) is 45.3 Å². The molecule has 2 aromatic rings. The molecule has 4 atom stereocenters. The van der Waals surface area contributed by atoms with Gasteiger partial charge in [0.05, 0.1) is 0 Å². The van der Waals surface area contributed by atoms with Crippen LogP contribution in [0.4, 0.5) is 4.39 Å². The van der Waals surface area contributed by atoms with Gasteiger partial charge in [0, 0.05) is 26.7 Å². The Morgan fingerprint density at radius 1 is 0.920 bits per heavy atom. The van der Waals surface area contributed by atoms with E-state index in [0.29, 0.717) is 18.8 Å². The molecule has 0 unspecified atom stereocenters. The van der Waals surface area contributed by atoms with Crippen molar-refractivity contribution in [1.29, 1.82) is 0 Å². The molecule has 11 heteroatoms. The van der Waals surface area contributed by atoms with Crippen LogP contribution in [0.3, 0.4) is 0 Å². The van der Waals surface area contributed by atoms with Crippen molar-refractivity contribution in [1.82, 2.24) is 10.2 Å². The van der Waals surface area contributed by atoms with Crippen LogP contribution in [0.2, 0.25) is 0 Å². The molecule has 1 heterocycles. The fourth-order valence-electron chi connectivity index (χ4n) is 6.14. The largest absolute Gasteiger partial charge is 0.458 e. The summed E-state index contributed by atoms with van der Waals surface area (Å²) in [6.07, 6.45) is 2.08. The minimum atomic E-state index is -1.66. The van der Waals surface area contributed by atoms with E-state index in [-0.39, 0.29) is 25.4 Å². The molecule has 4 rings (SSSR count). The van der Waals surface area contributed by atoms with Crippen molar-refractivity contribution in [2.75, 3.05) is 27.3 Å². The summed E-state index contributed by atoms with van der Waals surface area (Å²) in [6.45, 7) is 5.70. The predicted molar refractivity (Wildman–Crippen MR) is 186 cm³/mol. The van der Waals surface area contributed by atoms with E-state index in [9.17, 15) is 23.6 Å². The van der Waals surface area contributed by atoms with Crippen molar-refractivity contribution in [3.63, 3.8) is 0 Å². The zero-order valence-corrected chi connectivity index (χ0v) is 30.0. The molecule has 1 N–H and O–H groups in total. The van der Waals surface area contributed by atoms with Crippen LogP contribution in [0.5, 0.6) is 0 Å². The minimum absolute atomic E-state index is 0.0317. The lowest BCUT2D eigenvalue weighted by molar-refractivity contribution is -0.174. The summed E-state index contributed by atoms with van der Waals surface area (Å²) >= 11 is 0. The molecule has 274 valence electrons. The molecule has 1 saturated heterocycles. The summed E-state index contributed by atoms with van der Waals surface area (Å²) in [7, 11) is 3.02. The lowest BCUT2D eigenvalue weighted by atomic mass is 9.90. The van der Waals surface area contributed by atoms with Crippen LogP contribution >= 0.6 is 0 Å². The zero-order valence-electron chi connectivity index (χ0n) is 30.0. The number of likely N-dealkylation sites (N-methyl/N-ethyl adjacent to an activating group) is 2. The number of aryl methyl sites for hydroxylation is 1. The van der Waals surface area contributed by atoms with Gasteiger partial charge in [-0.3, -0.25) is 9.59 Å². The maximum atomic E-state index is 14.6. The number of rotatable bonds is 18. The van der Waals surface area contributed by atoms with Gasteiger partial charge in [-0.25, -0.2) is 14.0 Å². The highest BCUT2D eigenvalue weighted by atomic mass is 19.1. The van der Waals surface area contributed by atoms with Gasteiger partial charge in [-0.1, -0.05) is 67.4 Å². The maximum absolute atomic E-state index is 14.6. The number of ether oxygens (including phenoxy) is 4. The molecule has 50 heavy (non-hydrogen) atoms. The van der Waals surface area contributed by atoms with Crippen molar-refractivity contribution >= 4 is 23.8 Å². The number of nitrogens with one attached hydrogen (secondary N) is 1. The first kappa shape index (κ1) is 39.0. The monoisotopic (exact) mass is 696 g/mol. The van der Waals surface area contributed by atoms with Crippen LogP contribution in [0, 0.1) is 5.92 Å². The topological polar surface area (TPSA) is 120 Å². The lowest BCUT2D eigenvalue weighted by Crippen LogP contribution is -2.51. The second kappa shape index (κ2) is 18.4. The smallest absolute Gasteiger partial charge is 0.347 e. The van der Waals surface area contributed by atoms with Crippen molar-refractivity contribution < 1.29 is 42.5 Å². The molecule has 1 aliphatic carbocycles. The third kappa shape index (κ3) is 12.2. The van der Waals surface area contributed by atoms with E-state index in [4.69, 9.17) is 18.9 Å². The highest BCUT2D eigenvalue weighted by molar-refractivity contribution is 5.90. The number of carbonyl (C=O) groups excluding carboxylic acids is 4. The first-order valence-electron chi connectivity index (χ1n) is 17.8. The second-order valence-corrected chi connectivity index (χ2v) is 14.2. The van der Waals surface area contributed by atoms with Gasteiger partial charge in [-0.05, 0) is 88.4 Å². The van der Waals surface area contributed by atoms with Crippen LogP contribution in [-0.2, 0) is 51.2 Å². The van der Waals surface area contributed by atoms with Crippen molar-refractivity contribution in [2.24, 2.45) is 5.92 Å². The van der Waals surface area contributed by atoms with E-state index >= 15 is 0 Å². The number of esters is 3. The summed E-state index contributed by atoms with van der Waals surface area (Å²) in [4.78, 5) is 55.0. The summed E-state index contributed by atoms with van der Waals surface area (Å²) in [5.41, 5.74) is 1.33. The number of benzene rings is 2. The van der Waals surface area contributed by atoms with Gasteiger partial charge in [0.15, 0.2) is 12.2 Å². The van der Waals surface area contributed by atoms with Gasteiger partial charge >= 0.3 is 17.9 Å². The van der Waals surface area contributed by atoms with Crippen LogP contribution in [-0.4, -0.2) is 86.0 Å². The van der Waals surface area contributed by atoms with Crippen molar-refractivity contribution in [2.45, 2.75) is 115 Å². The normalized spacial score (nSPS) is 17.6. The summed E-state index contributed by atoms with van der Waals surface area (Å²) < 4.78 is 36.8. The predicted octanol–water partition coefficient (Wildman–Crippen LogP) is 5.45. The quantitative estimate of drug-likeness (QED) is 0.160. The molecule has 2 aromatic carbocycles. The highest BCUT2D eigenvalue weighted by Crippen LogP contribution is 2.35. The SMILES string of the molecule is CN[C@@H](CC(C)(C)F)C(=O)O[C@H](CCc1ccc(C2CCOCC2)cc1)C(=O)N(C)[C@@H](CC1CC1)C(=O)O[C@H](C)C(=O)OCc1ccccc1. The number of hydrogen-bond acceptors (Lipinski definition) is 9. The van der Waals surface area contributed by atoms with E-state index in [1.54, 1.807) is 0 Å². The Morgan fingerprint density at radius 3 is 2.18 bits per heavy atom. The van der Waals surface area contributed by atoms with Crippen LogP contribution in [0.25, 0.3) is 0 Å². The standard InChI is InChI=1S/C39H53FN2O8/c1-26(36(44)48-25-29-9-7-6-8-10-29)49-38(46)33(23-28-11-12-28)42(5)35(43)34(50-37(45)32(41-4)24-39(2,3)40)18-15-27-13-16-30(17-14-27)31-19-21-47-22-20-31/h6-10,13-14,16-17,26,28,31-34,41H,11-12,15,18-25H2,1-5H3/t26-,32+,33+,34-/m1/s1. The number of alkyl halides is 1. The van der Waals surface area contributed by atoms with Gasteiger partial charge in [-0.15, -0.1) is 0 Å². The van der Waals surface area contributed by atoms with E-state index in [2.05, 4.69) is 17.4 Å². The first-order valence-corrected chi connectivity index (χ1v) is 17.8. The molecular weight excluding hydrogens is 643 g/mol. The third-order valence-corrected chi connectivity index (χ3v) is 9.41. The third-order valence-electron chi connectivity index (χ3n) is 9.41. The number of hydrogen-bond donors (Lipinski definition) is 1. The minimum Gasteiger partial charge on any atom is -0.458 e.